The fraction of sp³-hybridized carbons (Fsp3) is 0.771. The van der Waals surface area contributed by atoms with Gasteiger partial charge in [-0.3, -0.25) is 4.79 Å². The Balaban J connectivity index is 1.37. The first-order valence-corrected chi connectivity index (χ1v) is 16.4. The monoisotopic (exact) mass is 638 g/mol. The summed E-state index contributed by atoms with van der Waals surface area (Å²) in [5.74, 6) is -2.16. The molecule has 1 aromatic rings. The highest BCUT2D eigenvalue weighted by Gasteiger charge is 2.66. The van der Waals surface area contributed by atoms with Gasteiger partial charge in [-0.05, 0) is 61.2 Å². The van der Waals surface area contributed by atoms with Crippen LogP contribution >= 0.6 is 0 Å². The molecular formula is C35H49F3O7. The summed E-state index contributed by atoms with van der Waals surface area (Å²) in [5, 5.41) is 11.8. The van der Waals surface area contributed by atoms with E-state index in [-0.39, 0.29) is 47.5 Å². The van der Waals surface area contributed by atoms with Crippen LogP contribution in [0.1, 0.15) is 91.5 Å². The summed E-state index contributed by atoms with van der Waals surface area (Å²) in [6.07, 6.45) is -1.65. The van der Waals surface area contributed by atoms with Crippen molar-refractivity contribution in [2.75, 3.05) is 13.7 Å². The second kappa shape index (κ2) is 12.1. The number of hydrogen-bond donors (Lipinski definition) is 1. The fourth-order valence-electron chi connectivity index (χ4n) is 9.84. The molecule has 10 heteroatoms. The van der Waals surface area contributed by atoms with E-state index in [1.54, 1.807) is 13.0 Å². The number of carbonyl (C=O) groups is 2. The standard InChI is InChI=1S/C35H49F3O7/c1-21(13-14-26-32(4)16-10-15-31(3)20-43-25(29(31)32)19-33(26,5)41)17-24(28-22(2)18-27(39)45-28)44-30(40)34(42-6,35(36,37)38)23-11-8-7-9-12-23/h7-9,11-12,21-22,24-26,28-29,41H,10,13-20H2,1-6H3/t21?,22?,24-,25-,26+,28-,29-,31-,32+,33+,34+/m0/s1. The van der Waals surface area contributed by atoms with Crippen LogP contribution in [0.25, 0.3) is 0 Å². The molecule has 5 rings (SSSR count). The third-order valence-electron chi connectivity index (χ3n) is 11.8. The maximum absolute atomic E-state index is 14.7. The number of methoxy groups -OCH3 is 1. The largest absolute Gasteiger partial charge is 0.458 e. The quantitative estimate of drug-likeness (QED) is 0.284. The minimum Gasteiger partial charge on any atom is -0.458 e. The van der Waals surface area contributed by atoms with Gasteiger partial charge in [0.2, 0.25) is 0 Å². The lowest BCUT2D eigenvalue weighted by Crippen LogP contribution is -2.61. The van der Waals surface area contributed by atoms with E-state index in [9.17, 15) is 27.9 Å². The van der Waals surface area contributed by atoms with Gasteiger partial charge in [0.1, 0.15) is 12.2 Å². The van der Waals surface area contributed by atoms with Gasteiger partial charge in [0.25, 0.3) is 5.60 Å². The van der Waals surface area contributed by atoms with Crippen LogP contribution in [0.2, 0.25) is 0 Å². The van der Waals surface area contributed by atoms with Crippen LogP contribution in [-0.2, 0) is 34.1 Å². The van der Waals surface area contributed by atoms with E-state index in [1.807, 2.05) is 13.8 Å². The Morgan fingerprint density at radius 3 is 2.44 bits per heavy atom. The molecule has 0 bridgehead atoms. The van der Waals surface area contributed by atoms with Crippen LogP contribution in [-0.4, -0.2) is 60.9 Å². The molecule has 2 aliphatic heterocycles. The summed E-state index contributed by atoms with van der Waals surface area (Å²) in [6.45, 7) is 11.0. The summed E-state index contributed by atoms with van der Waals surface area (Å²) >= 11 is 0. The van der Waals surface area contributed by atoms with Crippen molar-refractivity contribution in [2.45, 2.75) is 122 Å². The maximum Gasteiger partial charge on any atom is 0.432 e. The third-order valence-corrected chi connectivity index (χ3v) is 11.8. The van der Waals surface area contributed by atoms with Gasteiger partial charge in [0.15, 0.2) is 0 Å². The number of cyclic esters (lactones) is 1. The number of hydrogen-bond acceptors (Lipinski definition) is 7. The molecule has 252 valence electrons. The van der Waals surface area contributed by atoms with Crippen molar-refractivity contribution in [3.63, 3.8) is 0 Å². The van der Waals surface area contributed by atoms with Gasteiger partial charge in [-0.2, -0.15) is 13.2 Å². The molecule has 11 atom stereocenters. The molecular weight excluding hydrogens is 589 g/mol. The first-order valence-electron chi connectivity index (χ1n) is 16.4. The van der Waals surface area contributed by atoms with Crippen LogP contribution in [0.15, 0.2) is 30.3 Å². The van der Waals surface area contributed by atoms with E-state index >= 15 is 0 Å². The molecule has 2 saturated heterocycles. The number of halogens is 3. The molecule has 0 spiro atoms. The van der Waals surface area contributed by atoms with Gasteiger partial charge in [-0.25, -0.2) is 4.79 Å². The van der Waals surface area contributed by atoms with Crippen molar-refractivity contribution >= 4 is 11.9 Å². The molecule has 2 saturated carbocycles. The van der Waals surface area contributed by atoms with E-state index in [4.69, 9.17) is 18.9 Å². The molecule has 0 radical (unpaired) electrons. The van der Waals surface area contributed by atoms with Gasteiger partial charge in [-0.15, -0.1) is 0 Å². The number of ether oxygens (including phenoxy) is 4. The van der Waals surface area contributed by atoms with E-state index in [2.05, 4.69) is 13.8 Å². The van der Waals surface area contributed by atoms with Crippen molar-refractivity contribution in [1.82, 2.24) is 0 Å². The Kier molecular flexibility index (Phi) is 9.21. The number of alkyl halides is 3. The lowest BCUT2D eigenvalue weighted by atomic mass is 9.45. The van der Waals surface area contributed by atoms with E-state index < -0.39 is 47.1 Å². The highest BCUT2D eigenvalue weighted by molar-refractivity contribution is 5.83. The normalized spacial score (nSPS) is 39.0. The van der Waals surface area contributed by atoms with Crippen LogP contribution in [0.5, 0.6) is 0 Å². The Morgan fingerprint density at radius 2 is 1.84 bits per heavy atom. The molecule has 0 amide bonds. The van der Waals surface area contributed by atoms with Crippen molar-refractivity contribution in [3.05, 3.63) is 35.9 Å². The Labute approximate surface area is 264 Å². The lowest BCUT2D eigenvalue weighted by Gasteiger charge is -2.60. The van der Waals surface area contributed by atoms with Gasteiger partial charge >= 0.3 is 18.1 Å². The topological polar surface area (TPSA) is 91.3 Å². The molecule has 1 N–H and O–H groups in total. The van der Waals surface area contributed by atoms with Gasteiger partial charge < -0.3 is 24.1 Å². The predicted octanol–water partition coefficient (Wildman–Crippen LogP) is 6.74. The van der Waals surface area contributed by atoms with Gasteiger partial charge in [0.05, 0.1) is 24.7 Å². The first kappa shape index (κ1) is 34.2. The minimum absolute atomic E-state index is 0.00343. The predicted molar refractivity (Wildman–Crippen MR) is 160 cm³/mol. The number of aliphatic hydroxyl groups is 1. The van der Waals surface area contributed by atoms with E-state index in [0.29, 0.717) is 31.8 Å². The molecule has 2 heterocycles. The molecule has 2 aliphatic carbocycles. The van der Waals surface area contributed by atoms with Crippen LogP contribution in [0, 0.1) is 34.5 Å². The molecule has 0 aromatic heterocycles. The fourth-order valence-corrected chi connectivity index (χ4v) is 9.84. The third kappa shape index (κ3) is 5.93. The number of benzene rings is 1. The molecule has 45 heavy (non-hydrogen) atoms. The second-order valence-corrected chi connectivity index (χ2v) is 15.2. The molecule has 1 aromatic carbocycles. The zero-order valence-corrected chi connectivity index (χ0v) is 27.3. The van der Waals surface area contributed by atoms with Gasteiger partial charge in [0, 0.05) is 25.0 Å². The molecule has 4 fully saturated rings. The van der Waals surface area contributed by atoms with Gasteiger partial charge in [-0.1, -0.05) is 70.9 Å². The van der Waals surface area contributed by atoms with Crippen molar-refractivity contribution in [2.24, 2.45) is 34.5 Å². The smallest absolute Gasteiger partial charge is 0.432 e. The maximum atomic E-state index is 14.7. The Morgan fingerprint density at radius 1 is 1.16 bits per heavy atom. The highest BCUT2D eigenvalue weighted by Crippen LogP contribution is 2.66. The second-order valence-electron chi connectivity index (χ2n) is 15.2. The van der Waals surface area contributed by atoms with Crippen LogP contribution in [0.3, 0.4) is 0 Å². The number of rotatable bonds is 10. The van der Waals surface area contributed by atoms with Crippen molar-refractivity contribution in [3.8, 4) is 0 Å². The highest BCUT2D eigenvalue weighted by atomic mass is 19.4. The van der Waals surface area contributed by atoms with Crippen molar-refractivity contribution in [1.29, 1.82) is 0 Å². The lowest BCUT2D eigenvalue weighted by molar-refractivity contribution is -0.280. The SMILES string of the molecule is CO[C@@](C(=O)O[C@@H](CC(C)CC[C@@H]1[C@@]2(C)CCC[C@@]3(C)CO[C@@H](C[C@@]1(C)O)[C@@H]32)[C@H]1OC(=O)CC1C)(c1ccccc1)C(F)(F)F. The molecule has 2 unspecified atom stereocenters. The zero-order valence-electron chi connectivity index (χ0n) is 27.3. The van der Waals surface area contributed by atoms with E-state index in [1.165, 1.54) is 24.3 Å². The Bertz CT molecular complexity index is 1240. The zero-order chi connectivity index (χ0) is 33.0. The van der Waals surface area contributed by atoms with Crippen molar-refractivity contribution < 1.29 is 46.8 Å². The summed E-state index contributed by atoms with van der Waals surface area (Å²) in [6, 6.07) is 6.71. The summed E-state index contributed by atoms with van der Waals surface area (Å²) in [7, 11) is 0.838. The minimum atomic E-state index is -5.12. The average molecular weight is 639 g/mol. The van der Waals surface area contributed by atoms with Crippen LogP contribution in [0.4, 0.5) is 13.2 Å². The number of esters is 2. The summed E-state index contributed by atoms with van der Waals surface area (Å²) < 4.78 is 66.5. The first-order chi connectivity index (χ1) is 21.0. The number of carbonyl (C=O) groups excluding carboxylic acids is 2. The average Bonchev–Trinajstić information content (AvgIpc) is 3.46. The van der Waals surface area contributed by atoms with Crippen LogP contribution < -0.4 is 0 Å². The molecule has 7 nitrogen and oxygen atoms in total. The van der Waals surface area contributed by atoms with E-state index in [0.717, 1.165) is 26.4 Å². The molecule has 4 aliphatic rings. The summed E-state index contributed by atoms with van der Waals surface area (Å²) in [5.41, 5.74) is -4.69. The Hall–Kier alpha value is -2.17. The summed E-state index contributed by atoms with van der Waals surface area (Å²) in [4.78, 5) is 25.8.